The lowest BCUT2D eigenvalue weighted by Gasteiger charge is -2.57. The molecular formula is C21H28O8. The summed E-state index contributed by atoms with van der Waals surface area (Å²) in [7, 11) is 5.33. The van der Waals surface area contributed by atoms with Crippen LogP contribution < -0.4 is 0 Å². The standard InChI is InChI=1S/C21H28O8/c1-26-18(22)14-8-5-6-9(15(14)19(23)27-2)13-11-7-10(12(8)13)16(20(24)28-3)17(11)21(25)29-4/h8-17H,5-7H2,1-4H3. The number of rotatable bonds is 4. The van der Waals surface area contributed by atoms with Crippen molar-refractivity contribution >= 4 is 23.9 Å². The second-order valence-corrected chi connectivity index (χ2v) is 8.82. The first kappa shape index (κ1) is 20.2. The smallest absolute Gasteiger partial charge is 0.309 e. The van der Waals surface area contributed by atoms with Gasteiger partial charge in [-0.05, 0) is 54.8 Å². The molecule has 8 nitrogen and oxygen atoms in total. The first-order chi connectivity index (χ1) is 13.9. The van der Waals surface area contributed by atoms with Crippen LogP contribution in [0, 0.1) is 59.2 Å². The Morgan fingerprint density at radius 3 is 1.07 bits per heavy atom. The van der Waals surface area contributed by atoms with Crippen LogP contribution in [0.2, 0.25) is 0 Å². The van der Waals surface area contributed by atoms with E-state index < -0.39 is 47.5 Å². The highest BCUT2D eigenvalue weighted by atomic mass is 16.5. The zero-order chi connectivity index (χ0) is 21.0. The Morgan fingerprint density at radius 1 is 0.517 bits per heavy atom. The van der Waals surface area contributed by atoms with Gasteiger partial charge in [0.05, 0.1) is 52.1 Å². The molecule has 5 aliphatic carbocycles. The first-order valence-corrected chi connectivity index (χ1v) is 10.2. The van der Waals surface area contributed by atoms with Crippen LogP contribution >= 0.6 is 0 Å². The van der Waals surface area contributed by atoms with Crippen LogP contribution in [0.3, 0.4) is 0 Å². The van der Waals surface area contributed by atoms with E-state index in [0.717, 1.165) is 12.8 Å². The second-order valence-electron chi connectivity index (χ2n) is 8.82. The first-order valence-electron chi connectivity index (χ1n) is 10.2. The zero-order valence-electron chi connectivity index (χ0n) is 17.2. The van der Waals surface area contributed by atoms with Crippen molar-refractivity contribution < 1.29 is 38.1 Å². The number of hydrogen-bond acceptors (Lipinski definition) is 8. The molecule has 10 atom stereocenters. The van der Waals surface area contributed by atoms with Crippen molar-refractivity contribution in [3.8, 4) is 0 Å². The maximum Gasteiger partial charge on any atom is 0.309 e. The Morgan fingerprint density at radius 2 is 0.793 bits per heavy atom. The monoisotopic (exact) mass is 408 g/mol. The van der Waals surface area contributed by atoms with Crippen LogP contribution in [-0.2, 0) is 38.1 Å². The number of esters is 4. The molecular weight excluding hydrogens is 380 g/mol. The van der Waals surface area contributed by atoms with E-state index in [2.05, 4.69) is 0 Å². The summed E-state index contributed by atoms with van der Waals surface area (Å²) >= 11 is 0. The number of carbonyl (C=O) groups is 4. The predicted molar refractivity (Wildman–Crippen MR) is 96.8 cm³/mol. The van der Waals surface area contributed by atoms with E-state index in [0.29, 0.717) is 6.42 Å². The largest absolute Gasteiger partial charge is 0.469 e. The lowest BCUT2D eigenvalue weighted by Crippen LogP contribution is -2.60. The van der Waals surface area contributed by atoms with Crippen molar-refractivity contribution in [3.63, 3.8) is 0 Å². The van der Waals surface area contributed by atoms with Crippen LogP contribution in [-0.4, -0.2) is 52.3 Å². The molecule has 0 saturated heterocycles. The minimum Gasteiger partial charge on any atom is -0.469 e. The molecule has 0 heterocycles. The van der Waals surface area contributed by atoms with Gasteiger partial charge in [-0.1, -0.05) is 0 Å². The third kappa shape index (κ3) is 2.63. The predicted octanol–water partition coefficient (Wildman–Crippen LogP) is 1.07. The van der Waals surface area contributed by atoms with E-state index in [1.165, 1.54) is 28.4 Å². The molecule has 0 aromatic heterocycles. The maximum absolute atomic E-state index is 12.7. The van der Waals surface area contributed by atoms with Gasteiger partial charge in [0, 0.05) is 0 Å². The Bertz CT molecular complexity index is 672. The molecule has 5 saturated carbocycles. The molecule has 0 aromatic carbocycles. The topological polar surface area (TPSA) is 105 Å². The minimum absolute atomic E-state index is 0.0555. The van der Waals surface area contributed by atoms with Crippen molar-refractivity contribution in [2.45, 2.75) is 19.3 Å². The van der Waals surface area contributed by atoms with Gasteiger partial charge >= 0.3 is 23.9 Å². The van der Waals surface area contributed by atoms with E-state index in [9.17, 15) is 19.2 Å². The highest BCUT2D eigenvalue weighted by Gasteiger charge is 2.72. The Labute approximate surface area is 169 Å². The minimum atomic E-state index is -0.568. The summed E-state index contributed by atoms with van der Waals surface area (Å²) in [5.41, 5.74) is 0. The second kappa shape index (κ2) is 7.29. The molecule has 8 heteroatoms. The molecule has 160 valence electrons. The fourth-order valence-corrected chi connectivity index (χ4v) is 7.68. The molecule has 0 spiro atoms. The van der Waals surface area contributed by atoms with Crippen molar-refractivity contribution in [3.05, 3.63) is 0 Å². The molecule has 0 aliphatic heterocycles. The van der Waals surface area contributed by atoms with E-state index in [-0.39, 0.29) is 35.5 Å². The van der Waals surface area contributed by atoms with Gasteiger partial charge in [0.2, 0.25) is 0 Å². The van der Waals surface area contributed by atoms with Crippen molar-refractivity contribution in [2.75, 3.05) is 28.4 Å². The van der Waals surface area contributed by atoms with Crippen LogP contribution in [0.25, 0.3) is 0 Å². The highest BCUT2D eigenvalue weighted by molar-refractivity contribution is 5.85. The third-order valence-electron chi connectivity index (χ3n) is 8.31. The lowest BCUT2D eigenvalue weighted by atomic mass is 9.45. The van der Waals surface area contributed by atoms with Gasteiger partial charge in [0.1, 0.15) is 0 Å². The zero-order valence-corrected chi connectivity index (χ0v) is 17.2. The van der Waals surface area contributed by atoms with Gasteiger partial charge < -0.3 is 18.9 Å². The van der Waals surface area contributed by atoms with Crippen molar-refractivity contribution in [1.29, 1.82) is 0 Å². The SMILES string of the molecule is COC(=O)C1C2CCC(C1C(=O)OC)C1C3CC(C(C(=O)OC)C3C(=O)OC)C21. The number of ether oxygens (including phenoxy) is 4. The van der Waals surface area contributed by atoms with Gasteiger partial charge in [-0.3, -0.25) is 19.2 Å². The number of fused-ring (bicyclic) bond motifs is 4. The summed E-state index contributed by atoms with van der Waals surface area (Å²) in [4.78, 5) is 50.6. The molecule has 0 aromatic rings. The Kier molecular flexibility index (Phi) is 5.07. The maximum atomic E-state index is 12.7. The van der Waals surface area contributed by atoms with Crippen LogP contribution in [0.4, 0.5) is 0 Å². The van der Waals surface area contributed by atoms with Gasteiger partial charge in [-0.25, -0.2) is 0 Å². The van der Waals surface area contributed by atoms with Gasteiger partial charge in [0.15, 0.2) is 0 Å². The third-order valence-corrected chi connectivity index (χ3v) is 8.31. The fraction of sp³-hybridized carbons (Fsp3) is 0.810. The highest BCUT2D eigenvalue weighted by Crippen LogP contribution is 2.70. The number of hydrogen-bond donors (Lipinski definition) is 0. The average Bonchev–Trinajstić information content (AvgIpc) is 3.34. The van der Waals surface area contributed by atoms with Gasteiger partial charge in [0.25, 0.3) is 0 Å². The van der Waals surface area contributed by atoms with Crippen LogP contribution in [0.15, 0.2) is 0 Å². The summed E-state index contributed by atoms with van der Waals surface area (Å²) in [6.07, 6.45) is 2.32. The Hall–Kier alpha value is -2.12. The Balaban J connectivity index is 1.76. The van der Waals surface area contributed by atoms with E-state index in [4.69, 9.17) is 18.9 Å². The molecule has 29 heavy (non-hydrogen) atoms. The summed E-state index contributed by atoms with van der Waals surface area (Å²) in [5.74, 6) is -3.90. The van der Waals surface area contributed by atoms with Crippen molar-refractivity contribution in [1.82, 2.24) is 0 Å². The number of methoxy groups -OCH3 is 4. The summed E-state index contributed by atoms with van der Waals surface area (Å²) in [5, 5.41) is 0. The van der Waals surface area contributed by atoms with Crippen LogP contribution in [0.1, 0.15) is 19.3 Å². The molecule has 0 amide bonds. The van der Waals surface area contributed by atoms with Gasteiger partial charge in [-0.2, -0.15) is 0 Å². The average molecular weight is 408 g/mol. The normalized spacial score (nSPS) is 44.0. The molecule has 0 radical (unpaired) electrons. The summed E-state index contributed by atoms with van der Waals surface area (Å²) < 4.78 is 20.2. The molecule has 5 rings (SSSR count). The molecule has 5 aliphatic rings. The van der Waals surface area contributed by atoms with E-state index in [1.807, 2.05) is 0 Å². The van der Waals surface area contributed by atoms with E-state index >= 15 is 0 Å². The lowest BCUT2D eigenvalue weighted by molar-refractivity contribution is -0.192. The summed E-state index contributed by atoms with van der Waals surface area (Å²) in [6.45, 7) is 0. The summed E-state index contributed by atoms with van der Waals surface area (Å²) in [6, 6.07) is 0. The molecule has 0 N–H and O–H groups in total. The molecule has 5 fully saturated rings. The molecule has 10 unspecified atom stereocenters. The fourth-order valence-electron chi connectivity index (χ4n) is 7.68. The van der Waals surface area contributed by atoms with Crippen molar-refractivity contribution in [2.24, 2.45) is 59.2 Å². The number of carbonyl (C=O) groups excluding carboxylic acids is 4. The van der Waals surface area contributed by atoms with Gasteiger partial charge in [-0.15, -0.1) is 0 Å². The van der Waals surface area contributed by atoms with Crippen LogP contribution in [0.5, 0.6) is 0 Å². The molecule has 4 bridgehead atoms. The quantitative estimate of drug-likeness (QED) is 0.502. The van der Waals surface area contributed by atoms with E-state index in [1.54, 1.807) is 0 Å².